The van der Waals surface area contributed by atoms with Gasteiger partial charge in [-0.05, 0) is 36.4 Å². The highest BCUT2D eigenvalue weighted by Gasteiger charge is 2.40. The quantitative estimate of drug-likeness (QED) is 0.825. The predicted octanol–water partition coefficient (Wildman–Crippen LogP) is 2.64. The normalized spacial score (nSPS) is 17.9. The summed E-state index contributed by atoms with van der Waals surface area (Å²) in [6.07, 6.45) is 3.21. The second-order valence-corrected chi connectivity index (χ2v) is 7.21. The Balaban J connectivity index is 1.34. The fourth-order valence-corrected chi connectivity index (χ4v) is 3.61. The minimum absolute atomic E-state index is 0.139. The summed E-state index contributed by atoms with van der Waals surface area (Å²) in [6.45, 7) is 4.39. The van der Waals surface area contributed by atoms with Gasteiger partial charge in [0.1, 0.15) is 5.82 Å². The lowest BCUT2D eigenvalue weighted by Gasteiger charge is -2.38. The van der Waals surface area contributed by atoms with E-state index in [4.69, 9.17) is 9.47 Å². The van der Waals surface area contributed by atoms with Crippen LogP contribution in [0.2, 0.25) is 0 Å². The van der Waals surface area contributed by atoms with Crippen LogP contribution < -0.4 is 15.5 Å². The number of pyridine rings is 1. The molecule has 0 radical (unpaired) electrons. The first-order valence-corrected chi connectivity index (χ1v) is 9.71. The van der Waals surface area contributed by atoms with Crippen molar-refractivity contribution in [3.63, 3.8) is 0 Å². The number of nitrogens with one attached hydrogen (secondary N) is 2. The lowest BCUT2D eigenvalue weighted by atomic mass is 10.0. The van der Waals surface area contributed by atoms with Crippen molar-refractivity contribution < 1.29 is 19.1 Å². The highest BCUT2D eigenvalue weighted by atomic mass is 16.7. The fourth-order valence-electron chi connectivity index (χ4n) is 3.61. The number of benzene rings is 1. The maximum Gasteiger partial charge on any atom is 0.257 e. The van der Waals surface area contributed by atoms with Crippen LogP contribution in [0.15, 0.2) is 42.6 Å². The summed E-state index contributed by atoms with van der Waals surface area (Å²) in [6, 6.07) is 10.6. The number of hydrogen-bond donors (Lipinski definition) is 2. The van der Waals surface area contributed by atoms with Crippen LogP contribution in [0.4, 0.5) is 17.2 Å². The highest BCUT2D eigenvalue weighted by Crippen LogP contribution is 2.32. The summed E-state index contributed by atoms with van der Waals surface area (Å²) in [5, 5.41) is 5.52. The van der Waals surface area contributed by atoms with Gasteiger partial charge in [-0.25, -0.2) is 4.98 Å². The molecule has 8 nitrogen and oxygen atoms in total. The van der Waals surface area contributed by atoms with Gasteiger partial charge in [0.05, 0.1) is 18.8 Å². The smallest absolute Gasteiger partial charge is 0.257 e. The lowest BCUT2D eigenvalue weighted by molar-refractivity contribution is -0.169. The largest absolute Gasteiger partial charge is 0.356 e. The van der Waals surface area contributed by atoms with Crippen LogP contribution in [-0.4, -0.2) is 48.9 Å². The number of piperidine rings is 1. The van der Waals surface area contributed by atoms with Gasteiger partial charge in [-0.1, -0.05) is 0 Å². The molecule has 1 aromatic heterocycles. The van der Waals surface area contributed by atoms with Crippen LogP contribution in [0.1, 0.15) is 30.1 Å². The maximum absolute atomic E-state index is 12.5. The van der Waals surface area contributed by atoms with Gasteiger partial charge in [-0.15, -0.1) is 0 Å². The third-order valence-corrected chi connectivity index (χ3v) is 5.14. The Kier molecular flexibility index (Phi) is 5.46. The molecule has 3 heterocycles. The number of carbonyl (C=O) groups excluding carboxylic acids is 2. The Morgan fingerprint density at radius 1 is 0.966 bits per heavy atom. The number of aromatic nitrogens is 1. The SMILES string of the molecule is CC(=O)Nc1ccc(NC(=O)c2ccc(N3CCC4(CC3)OCCO4)nc2)cc1. The topological polar surface area (TPSA) is 92.8 Å². The number of ether oxygens (including phenoxy) is 2. The number of amides is 2. The van der Waals surface area contributed by atoms with E-state index in [0.29, 0.717) is 30.2 Å². The summed E-state index contributed by atoms with van der Waals surface area (Å²) >= 11 is 0. The molecule has 2 aliphatic rings. The van der Waals surface area contributed by atoms with Gasteiger partial charge < -0.3 is 25.0 Å². The number of hydrogen-bond acceptors (Lipinski definition) is 6. The van der Waals surface area contributed by atoms with Gasteiger partial charge in [-0.2, -0.15) is 0 Å². The summed E-state index contributed by atoms with van der Waals surface area (Å²) in [5.74, 6) is 0.0575. The van der Waals surface area contributed by atoms with Crippen LogP contribution in [0, 0.1) is 0 Å². The van der Waals surface area contributed by atoms with Crippen LogP contribution in [0.3, 0.4) is 0 Å². The lowest BCUT2D eigenvalue weighted by Crippen LogP contribution is -2.45. The minimum atomic E-state index is -0.411. The first kappa shape index (κ1) is 19.4. The van der Waals surface area contributed by atoms with E-state index >= 15 is 0 Å². The van der Waals surface area contributed by atoms with E-state index in [0.717, 1.165) is 31.7 Å². The molecule has 8 heteroatoms. The van der Waals surface area contributed by atoms with Crippen molar-refractivity contribution in [3.05, 3.63) is 48.2 Å². The summed E-state index contributed by atoms with van der Waals surface area (Å²) in [7, 11) is 0. The van der Waals surface area contributed by atoms with Crippen LogP contribution in [0.5, 0.6) is 0 Å². The van der Waals surface area contributed by atoms with Gasteiger partial charge in [0.15, 0.2) is 5.79 Å². The Morgan fingerprint density at radius 2 is 1.59 bits per heavy atom. The van der Waals surface area contributed by atoms with Gasteiger partial charge in [-0.3, -0.25) is 9.59 Å². The van der Waals surface area contributed by atoms with Crippen molar-refractivity contribution in [2.45, 2.75) is 25.6 Å². The molecular weight excluding hydrogens is 372 g/mol. The average molecular weight is 396 g/mol. The molecule has 0 saturated carbocycles. The molecule has 152 valence electrons. The monoisotopic (exact) mass is 396 g/mol. The molecule has 1 aromatic carbocycles. The van der Waals surface area contributed by atoms with E-state index in [1.54, 1.807) is 36.5 Å². The van der Waals surface area contributed by atoms with E-state index in [1.807, 2.05) is 6.07 Å². The van der Waals surface area contributed by atoms with Crippen molar-refractivity contribution in [2.24, 2.45) is 0 Å². The molecule has 2 amide bonds. The minimum Gasteiger partial charge on any atom is -0.356 e. The average Bonchev–Trinajstić information content (AvgIpc) is 3.18. The zero-order chi connectivity index (χ0) is 20.3. The molecule has 0 bridgehead atoms. The molecule has 29 heavy (non-hydrogen) atoms. The number of nitrogens with zero attached hydrogens (tertiary/aromatic N) is 2. The van der Waals surface area contributed by atoms with E-state index in [1.165, 1.54) is 6.92 Å². The van der Waals surface area contributed by atoms with Gasteiger partial charge in [0, 0.05) is 50.4 Å². The van der Waals surface area contributed by atoms with E-state index < -0.39 is 5.79 Å². The van der Waals surface area contributed by atoms with Gasteiger partial charge in [0.2, 0.25) is 5.91 Å². The second kappa shape index (κ2) is 8.18. The first-order chi connectivity index (χ1) is 14.0. The Labute approximate surface area is 169 Å². The van der Waals surface area contributed by atoms with Crippen molar-refractivity contribution in [2.75, 3.05) is 41.8 Å². The van der Waals surface area contributed by atoms with Crippen LogP contribution >= 0.6 is 0 Å². The third kappa shape index (κ3) is 4.55. The van der Waals surface area contributed by atoms with E-state index in [2.05, 4.69) is 20.5 Å². The van der Waals surface area contributed by atoms with Crippen molar-refractivity contribution in [3.8, 4) is 0 Å². The number of rotatable bonds is 4. The Morgan fingerprint density at radius 3 is 2.14 bits per heavy atom. The molecule has 2 fully saturated rings. The van der Waals surface area contributed by atoms with Gasteiger partial charge in [0.25, 0.3) is 5.91 Å². The first-order valence-electron chi connectivity index (χ1n) is 9.71. The zero-order valence-electron chi connectivity index (χ0n) is 16.3. The molecule has 2 aliphatic heterocycles. The number of anilines is 3. The second-order valence-electron chi connectivity index (χ2n) is 7.21. The summed E-state index contributed by atoms with van der Waals surface area (Å²) in [5.41, 5.74) is 1.81. The molecular formula is C21H24N4O4. The summed E-state index contributed by atoms with van der Waals surface area (Å²) < 4.78 is 11.5. The van der Waals surface area contributed by atoms with E-state index in [-0.39, 0.29) is 11.8 Å². The zero-order valence-corrected chi connectivity index (χ0v) is 16.3. The predicted molar refractivity (Wildman–Crippen MR) is 109 cm³/mol. The third-order valence-electron chi connectivity index (χ3n) is 5.14. The molecule has 4 rings (SSSR count). The summed E-state index contributed by atoms with van der Waals surface area (Å²) in [4.78, 5) is 30.2. The fraction of sp³-hybridized carbons (Fsp3) is 0.381. The maximum atomic E-state index is 12.5. The van der Waals surface area contributed by atoms with Crippen molar-refractivity contribution in [1.82, 2.24) is 4.98 Å². The molecule has 2 saturated heterocycles. The van der Waals surface area contributed by atoms with Crippen molar-refractivity contribution >= 4 is 29.0 Å². The molecule has 0 unspecified atom stereocenters. The Bertz CT molecular complexity index is 867. The van der Waals surface area contributed by atoms with Gasteiger partial charge >= 0.3 is 0 Å². The Hall–Kier alpha value is -2.97. The standard InChI is InChI=1S/C21H24N4O4/c1-15(26)23-17-3-5-18(6-4-17)24-20(27)16-2-7-19(22-14-16)25-10-8-21(9-11-25)28-12-13-29-21/h2-7,14H,8-13H2,1H3,(H,23,26)(H,24,27). The van der Waals surface area contributed by atoms with Crippen LogP contribution in [0.25, 0.3) is 0 Å². The molecule has 0 aliphatic carbocycles. The number of carbonyl (C=O) groups is 2. The van der Waals surface area contributed by atoms with E-state index in [9.17, 15) is 9.59 Å². The van der Waals surface area contributed by atoms with Crippen LogP contribution in [-0.2, 0) is 14.3 Å². The molecule has 2 aromatic rings. The molecule has 0 atom stereocenters. The molecule has 2 N–H and O–H groups in total. The van der Waals surface area contributed by atoms with Crippen molar-refractivity contribution in [1.29, 1.82) is 0 Å². The molecule has 1 spiro atoms. The highest BCUT2D eigenvalue weighted by molar-refractivity contribution is 6.04.